The van der Waals surface area contributed by atoms with Crippen molar-refractivity contribution in [1.29, 1.82) is 0 Å². The molecule has 1 aliphatic rings. The quantitative estimate of drug-likeness (QED) is 0.799. The molecule has 1 heterocycles. The summed E-state index contributed by atoms with van der Waals surface area (Å²) in [5, 5.41) is 0.109. The lowest BCUT2D eigenvalue weighted by Crippen LogP contribution is -2.24. The lowest BCUT2D eigenvalue weighted by molar-refractivity contribution is 0.161. The Kier molecular flexibility index (Phi) is 3.71. The SMILES string of the molecule is NC1CC(c2ccc(Cl)c(F)c2)Oc2ccc(Br)cc21. The van der Waals surface area contributed by atoms with Gasteiger partial charge in [-0.1, -0.05) is 33.6 Å². The molecule has 0 bridgehead atoms. The highest BCUT2D eigenvalue weighted by atomic mass is 79.9. The van der Waals surface area contributed by atoms with E-state index in [4.69, 9.17) is 22.1 Å². The Morgan fingerprint density at radius 1 is 1.25 bits per heavy atom. The van der Waals surface area contributed by atoms with E-state index in [0.717, 1.165) is 21.3 Å². The van der Waals surface area contributed by atoms with E-state index in [2.05, 4.69) is 15.9 Å². The van der Waals surface area contributed by atoms with Crippen molar-refractivity contribution >= 4 is 27.5 Å². The molecular formula is C15H12BrClFNO. The summed E-state index contributed by atoms with van der Waals surface area (Å²) in [6.07, 6.45) is 0.343. The van der Waals surface area contributed by atoms with Crippen LogP contribution in [0, 0.1) is 5.82 Å². The summed E-state index contributed by atoms with van der Waals surface area (Å²) in [5.41, 5.74) is 7.90. The van der Waals surface area contributed by atoms with Crippen LogP contribution in [0.25, 0.3) is 0 Å². The zero-order valence-corrected chi connectivity index (χ0v) is 12.8. The van der Waals surface area contributed by atoms with Crippen molar-refractivity contribution < 1.29 is 9.13 Å². The van der Waals surface area contributed by atoms with E-state index in [1.807, 2.05) is 18.2 Å². The lowest BCUT2D eigenvalue weighted by atomic mass is 9.93. The highest BCUT2D eigenvalue weighted by molar-refractivity contribution is 9.10. The molecule has 0 amide bonds. The predicted molar refractivity (Wildman–Crippen MR) is 80.5 cm³/mol. The third kappa shape index (κ3) is 2.55. The molecule has 2 atom stereocenters. The third-order valence-corrected chi connectivity index (χ3v) is 4.22. The number of halogens is 3. The molecule has 2 aromatic rings. The molecule has 3 rings (SSSR count). The summed E-state index contributed by atoms with van der Waals surface area (Å²) in [5.74, 6) is 0.301. The molecule has 0 aliphatic carbocycles. The van der Waals surface area contributed by atoms with Gasteiger partial charge in [0.05, 0.1) is 5.02 Å². The van der Waals surface area contributed by atoms with E-state index < -0.39 is 5.82 Å². The lowest BCUT2D eigenvalue weighted by Gasteiger charge is -2.30. The van der Waals surface area contributed by atoms with Crippen LogP contribution >= 0.6 is 27.5 Å². The zero-order chi connectivity index (χ0) is 14.3. The smallest absolute Gasteiger partial charge is 0.142 e. The van der Waals surface area contributed by atoms with Gasteiger partial charge in [-0.15, -0.1) is 0 Å². The van der Waals surface area contributed by atoms with Crippen molar-refractivity contribution in [2.24, 2.45) is 5.73 Å². The van der Waals surface area contributed by atoms with Gasteiger partial charge < -0.3 is 10.5 Å². The average Bonchev–Trinajstić information content (AvgIpc) is 2.42. The molecule has 1 aliphatic heterocycles. The van der Waals surface area contributed by atoms with Crippen molar-refractivity contribution in [3.63, 3.8) is 0 Å². The molecule has 5 heteroatoms. The second-order valence-corrected chi connectivity index (χ2v) is 6.13. The van der Waals surface area contributed by atoms with Crippen LogP contribution in [-0.2, 0) is 0 Å². The summed E-state index contributed by atoms with van der Waals surface area (Å²) >= 11 is 9.12. The summed E-state index contributed by atoms with van der Waals surface area (Å²) in [6.45, 7) is 0. The van der Waals surface area contributed by atoms with Crippen molar-refractivity contribution in [2.75, 3.05) is 0 Å². The normalized spacial score (nSPS) is 21.2. The Bertz CT molecular complexity index is 664. The average molecular weight is 357 g/mol. The minimum Gasteiger partial charge on any atom is -0.485 e. The molecule has 0 fully saturated rings. The first kappa shape index (κ1) is 13.9. The van der Waals surface area contributed by atoms with Gasteiger partial charge in [-0.05, 0) is 35.9 Å². The van der Waals surface area contributed by atoms with E-state index in [1.54, 1.807) is 6.07 Å². The van der Waals surface area contributed by atoms with Crippen LogP contribution in [0.1, 0.15) is 29.7 Å². The van der Waals surface area contributed by atoms with E-state index in [0.29, 0.717) is 6.42 Å². The van der Waals surface area contributed by atoms with Gasteiger partial charge in [-0.3, -0.25) is 0 Å². The van der Waals surface area contributed by atoms with Crippen LogP contribution in [0.5, 0.6) is 5.75 Å². The van der Waals surface area contributed by atoms with Crippen LogP contribution in [0.15, 0.2) is 40.9 Å². The zero-order valence-electron chi connectivity index (χ0n) is 10.4. The number of nitrogens with two attached hydrogens (primary N) is 1. The van der Waals surface area contributed by atoms with Gasteiger partial charge in [-0.25, -0.2) is 4.39 Å². The van der Waals surface area contributed by atoms with Gasteiger partial charge in [0.1, 0.15) is 17.7 Å². The maximum Gasteiger partial charge on any atom is 0.142 e. The number of ether oxygens (including phenoxy) is 1. The fraction of sp³-hybridized carbons (Fsp3) is 0.200. The Morgan fingerprint density at radius 2 is 2.05 bits per heavy atom. The van der Waals surface area contributed by atoms with Crippen LogP contribution in [0.3, 0.4) is 0 Å². The van der Waals surface area contributed by atoms with E-state index >= 15 is 0 Å². The van der Waals surface area contributed by atoms with Gasteiger partial charge >= 0.3 is 0 Å². The summed E-state index contributed by atoms with van der Waals surface area (Å²) in [4.78, 5) is 0. The summed E-state index contributed by atoms with van der Waals surface area (Å²) in [6, 6.07) is 10.3. The first-order valence-electron chi connectivity index (χ1n) is 6.21. The molecule has 0 saturated carbocycles. The van der Waals surface area contributed by atoms with Crippen LogP contribution in [0.4, 0.5) is 4.39 Å². The molecule has 2 N–H and O–H groups in total. The molecule has 0 saturated heterocycles. The molecule has 2 nitrogen and oxygen atoms in total. The van der Waals surface area contributed by atoms with Crippen LogP contribution in [0.2, 0.25) is 5.02 Å². The molecule has 2 unspecified atom stereocenters. The molecule has 20 heavy (non-hydrogen) atoms. The number of rotatable bonds is 1. The fourth-order valence-corrected chi connectivity index (χ4v) is 2.89. The maximum absolute atomic E-state index is 13.6. The topological polar surface area (TPSA) is 35.2 Å². The minimum absolute atomic E-state index is 0.109. The van der Waals surface area contributed by atoms with E-state index in [1.165, 1.54) is 12.1 Å². The largest absolute Gasteiger partial charge is 0.485 e. The van der Waals surface area contributed by atoms with E-state index in [9.17, 15) is 4.39 Å². The highest BCUT2D eigenvalue weighted by Crippen LogP contribution is 2.41. The van der Waals surface area contributed by atoms with Gasteiger partial charge in [0.2, 0.25) is 0 Å². The van der Waals surface area contributed by atoms with Crippen molar-refractivity contribution in [3.05, 3.63) is 62.8 Å². The standard InChI is InChI=1S/C15H12BrClFNO/c16-9-2-4-14-10(6-9)13(19)7-15(20-14)8-1-3-11(17)12(18)5-8/h1-6,13,15H,7,19H2. The second kappa shape index (κ2) is 5.35. The molecule has 0 spiro atoms. The number of hydrogen-bond acceptors (Lipinski definition) is 2. The maximum atomic E-state index is 13.6. The van der Waals surface area contributed by atoms with Crippen molar-refractivity contribution in [3.8, 4) is 5.75 Å². The van der Waals surface area contributed by atoms with Crippen LogP contribution in [-0.4, -0.2) is 0 Å². The number of benzene rings is 2. The number of fused-ring (bicyclic) bond motifs is 1. The first-order chi connectivity index (χ1) is 9.54. The van der Waals surface area contributed by atoms with Crippen molar-refractivity contribution in [2.45, 2.75) is 18.6 Å². The number of hydrogen-bond donors (Lipinski definition) is 1. The molecule has 104 valence electrons. The monoisotopic (exact) mass is 355 g/mol. The Hall–Kier alpha value is -1.10. The minimum atomic E-state index is -0.442. The van der Waals surface area contributed by atoms with Gasteiger partial charge in [-0.2, -0.15) is 0 Å². The van der Waals surface area contributed by atoms with E-state index in [-0.39, 0.29) is 17.2 Å². The predicted octanol–water partition coefficient (Wildman–Crippen LogP) is 4.77. The second-order valence-electron chi connectivity index (χ2n) is 4.80. The van der Waals surface area contributed by atoms with Gasteiger partial charge in [0, 0.05) is 22.5 Å². The van der Waals surface area contributed by atoms with Gasteiger partial charge in [0.15, 0.2) is 0 Å². The van der Waals surface area contributed by atoms with Gasteiger partial charge in [0.25, 0.3) is 0 Å². The molecule has 2 aromatic carbocycles. The van der Waals surface area contributed by atoms with Crippen molar-refractivity contribution in [1.82, 2.24) is 0 Å². The molecular weight excluding hydrogens is 345 g/mol. The Morgan fingerprint density at radius 3 is 2.80 bits per heavy atom. The summed E-state index contributed by atoms with van der Waals surface area (Å²) < 4.78 is 20.4. The summed E-state index contributed by atoms with van der Waals surface area (Å²) in [7, 11) is 0. The fourth-order valence-electron chi connectivity index (χ4n) is 2.39. The molecule has 0 aromatic heterocycles. The van der Waals surface area contributed by atoms with Crippen LogP contribution < -0.4 is 10.5 Å². The Labute approximate surface area is 129 Å². The third-order valence-electron chi connectivity index (χ3n) is 3.42. The molecule has 0 radical (unpaired) electrons. The highest BCUT2D eigenvalue weighted by Gasteiger charge is 2.27. The first-order valence-corrected chi connectivity index (χ1v) is 7.38. The Balaban J connectivity index is 1.94.